The van der Waals surface area contributed by atoms with Gasteiger partial charge >= 0.3 is 0 Å². The lowest BCUT2D eigenvalue weighted by Gasteiger charge is -2.11. The minimum atomic E-state index is -3.83. The van der Waals surface area contributed by atoms with Gasteiger partial charge in [0.25, 0.3) is 10.0 Å². The van der Waals surface area contributed by atoms with Crippen molar-refractivity contribution >= 4 is 56.4 Å². The van der Waals surface area contributed by atoms with Crippen LogP contribution in [0.2, 0.25) is 5.02 Å². The molecule has 0 aliphatic carbocycles. The third-order valence-corrected chi connectivity index (χ3v) is 6.60. The highest BCUT2D eigenvalue weighted by Crippen LogP contribution is 2.29. The molecule has 2 N–H and O–H groups in total. The molecule has 3 heterocycles. The van der Waals surface area contributed by atoms with E-state index in [0.29, 0.717) is 28.3 Å². The maximum Gasteiger partial charge on any atom is 0.269 e. The van der Waals surface area contributed by atoms with Gasteiger partial charge in [-0.15, -0.1) is 12.4 Å². The summed E-state index contributed by atoms with van der Waals surface area (Å²) in [6, 6.07) is 10.4. The molecule has 0 radical (unpaired) electrons. The summed E-state index contributed by atoms with van der Waals surface area (Å²) in [7, 11) is -2.02. The largest absolute Gasteiger partial charge is 0.354 e. The number of nitrogens with one attached hydrogen (secondary N) is 2. The van der Waals surface area contributed by atoms with Crippen LogP contribution in [-0.4, -0.2) is 29.4 Å². The van der Waals surface area contributed by atoms with Gasteiger partial charge in [-0.25, -0.2) is 12.4 Å². The average Bonchev–Trinajstić information content (AvgIpc) is 3.10. The summed E-state index contributed by atoms with van der Waals surface area (Å²) >= 11 is 6.04. The fraction of sp³-hybridized carbons (Fsp3) is 0.143. The Bertz CT molecular complexity index is 1320. The Hall–Kier alpha value is -2.65. The Kier molecular flexibility index (Phi) is 6.86. The van der Waals surface area contributed by atoms with Crippen LogP contribution in [0.25, 0.3) is 11.0 Å². The highest BCUT2D eigenvalue weighted by molar-refractivity contribution is 7.90. The number of aromatic nitrogens is 3. The lowest BCUT2D eigenvalue weighted by molar-refractivity contribution is 0.588. The predicted octanol–water partition coefficient (Wildman–Crippen LogP) is 4.51. The zero-order valence-corrected chi connectivity index (χ0v) is 19.2. The molecule has 0 bridgehead atoms. The van der Waals surface area contributed by atoms with E-state index in [1.165, 1.54) is 22.4 Å². The van der Waals surface area contributed by atoms with E-state index in [1.807, 2.05) is 19.1 Å². The molecule has 1 aromatic carbocycles. The number of pyridine rings is 2. The molecule has 4 aromatic rings. The predicted molar refractivity (Wildman–Crippen MR) is 126 cm³/mol. The number of fused-ring (bicyclic) bond motifs is 1. The molecule has 0 saturated heterocycles. The number of anilines is 2. The number of hydrogen-bond acceptors (Lipinski definition) is 6. The Morgan fingerprint density at radius 3 is 2.65 bits per heavy atom. The molecule has 3 aromatic heterocycles. The third kappa shape index (κ3) is 4.52. The normalized spacial score (nSPS) is 11.3. The van der Waals surface area contributed by atoms with Gasteiger partial charge in [-0.05, 0) is 55.9 Å². The van der Waals surface area contributed by atoms with Crippen LogP contribution in [-0.2, 0) is 16.6 Å². The van der Waals surface area contributed by atoms with E-state index < -0.39 is 10.0 Å². The number of halogens is 2. The van der Waals surface area contributed by atoms with Crippen LogP contribution in [0.1, 0.15) is 11.1 Å². The van der Waals surface area contributed by atoms with Gasteiger partial charge in [-0.2, -0.15) is 0 Å². The second-order valence-corrected chi connectivity index (χ2v) is 9.10. The molecule has 7 nitrogen and oxygen atoms in total. The molecule has 10 heteroatoms. The van der Waals surface area contributed by atoms with Crippen molar-refractivity contribution in [1.82, 2.24) is 19.3 Å². The summed E-state index contributed by atoms with van der Waals surface area (Å²) in [4.78, 5) is 8.60. The minimum absolute atomic E-state index is 0. The Balaban J connectivity index is 0.00000272. The lowest BCUT2D eigenvalue weighted by Crippen LogP contribution is -2.12. The third-order valence-electron chi connectivity index (χ3n) is 4.71. The first kappa shape index (κ1) is 23.0. The molecule has 0 fully saturated rings. The standard InChI is InChI=1S/C21H20ClN5O2S.ClH/c1-14-8-16(22)5-6-19(14)26-17-9-20-21(25-11-17)15(10-23-2)13-27(20)30(28,29)18-4-3-7-24-12-18;/h3-9,11-13,23,26H,10H2,1-2H3;1H. The van der Waals surface area contributed by atoms with Crippen molar-refractivity contribution in [3.05, 3.63) is 77.3 Å². The maximum atomic E-state index is 13.3. The summed E-state index contributed by atoms with van der Waals surface area (Å²) in [6.45, 7) is 2.43. The minimum Gasteiger partial charge on any atom is -0.354 e. The number of nitrogens with zero attached hydrogens (tertiary/aromatic N) is 3. The quantitative estimate of drug-likeness (QED) is 0.424. The summed E-state index contributed by atoms with van der Waals surface area (Å²) in [6.07, 6.45) is 6.17. The van der Waals surface area contributed by atoms with Gasteiger partial charge in [0.15, 0.2) is 0 Å². The molecule has 0 spiro atoms. The van der Waals surface area contributed by atoms with Crippen LogP contribution in [0.15, 0.2) is 66.1 Å². The number of rotatable bonds is 6. The van der Waals surface area contributed by atoms with Gasteiger partial charge < -0.3 is 10.6 Å². The fourth-order valence-corrected chi connectivity index (χ4v) is 4.83. The highest BCUT2D eigenvalue weighted by Gasteiger charge is 2.22. The molecular formula is C21H21Cl2N5O2S. The van der Waals surface area contributed by atoms with Gasteiger partial charge in [0.1, 0.15) is 4.90 Å². The first-order valence-corrected chi connectivity index (χ1v) is 11.1. The Labute approximate surface area is 191 Å². The first-order valence-electron chi connectivity index (χ1n) is 9.23. The first-order chi connectivity index (χ1) is 14.4. The van der Waals surface area contributed by atoms with Gasteiger partial charge in [0, 0.05) is 41.4 Å². The van der Waals surface area contributed by atoms with Crippen molar-refractivity contribution in [2.45, 2.75) is 18.4 Å². The van der Waals surface area contributed by atoms with E-state index in [-0.39, 0.29) is 17.3 Å². The van der Waals surface area contributed by atoms with E-state index in [2.05, 4.69) is 20.6 Å². The van der Waals surface area contributed by atoms with Gasteiger partial charge in [0.2, 0.25) is 0 Å². The zero-order valence-electron chi connectivity index (χ0n) is 16.8. The van der Waals surface area contributed by atoms with E-state index in [9.17, 15) is 8.42 Å². The molecule has 0 saturated carbocycles. The summed E-state index contributed by atoms with van der Waals surface area (Å²) in [5, 5.41) is 7.01. The van der Waals surface area contributed by atoms with Gasteiger partial charge in [-0.1, -0.05) is 11.6 Å². The van der Waals surface area contributed by atoms with E-state index in [0.717, 1.165) is 16.8 Å². The second kappa shape index (κ2) is 9.23. The molecule has 0 atom stereocenters. The van der Waals surface area contributed by atoms with E-state index in [4.69, 9.17) is 11.6 Å². The number of hydrogen-bond donors (Lipinski definition) is 2. The lowest BCUT2D eigenvalue weighted by atomic mass is 10.2. The summed E-state index contributed by atoms with van der Waals surface area (Å²) in [5.41, 5.74) is 4.40. The number of aryl methyl sites for hydroxylation is 1. The van der Waals surface area contributed by atoms with Crippen LogP contribution in [0.5, 0.6) is 0 Å². The number of benzene rings is 1. The van der Waals surface area contributed by atoms with Crippen LogP contribution in [0.4, 0.5) is 11.4 Å². The fourth-order valence-electron chi connectivity index (χ4n) is 3.26. The Morgan fingerprint density at radius 2 is 1.97 bits per heavy atom. The van der Waals surface area contributed by atoms with E-state index >= 15 is 0 Å². The van der Waals surface area contributed by atoms with Crippen molar-refractivity contribution in [2.24, 2.45) is 0 Å². The van der Waals surface area contributed by atoms with Crippen LogP contribution in [0.3, 0.4) is 0 Å². The Morgan fingerprint density at radius 1 is 1.16 bits per heavy atom. The van der Waals surface area contributed by atoms with Gasteiger partial charge in [-0.3, -0.25) is 9.97 Å². The molecule has 0 aliphatic rings. The summed E-state index contributed by atoms with van der Waals surface area (Å²) < 4.78 is 27.8. The van der Waals surface area contributed by atoms with Crippen molar-refractivity contribution in [1.29, 1.82) is 0 Å². The summed E-state index contributed by atoms with van der Waals surface area (Å²) in [5.74, 6) is 0. The van der Waals surface area contributed by atoms with Crippen molar-refractivity contribution < 1.29 is 8.42 Å². The molecule has 0 unspecified atom stereocenters. The van der Waals surface area contributed by atoms with Crippen LogP contribution >= 0.6 is 24.0 Å². The van der Waals surface area contributed by atoms with Crippen molar-refractivity contribution in [3.63, 3.8) is 0 Å². The molecule has 4 rings (SSSR count). The van der Waals surface area contributed by atoms with Gasteiger partial charge in [0.05, 0.1) is 22.9 Å². The van der Waals surface area contributed by atoms with E-state index in [1.54, 1.807) is 37.6 Å². The maximum absolute atomic E-state index is 13.3. The second-order valence-electron chi connectivity index (χ2n) is 6.85. The molecule has 31 heavy (non-hydrogen) atoms. The molecule has 162 valence electrons. The topological polar surface area (TPSA) is 88.9 Å². The average molecular weight is 478 g/mol. The molecule has 0 aliphatic heterocycles. The van der Waals surface area contributed by atoms with Crippen LogP contribution in [0, 0.1) is 6.92 Å². The highest BCUT2D eigenvalue weighted by atomic mass is 35.5. The van der Waals surface area contributed by atoms with Crippen LogP contribution < -0.4 is 10.6 Å². The smallest absolute Gasteiger partial charge is 0.269 e. The zero-order chi connectivity index (χ0) is 21.3. The van der Waals surface area contributed by atoms with Crippen molar-refractivity contribution in [3.8, 4) is 0 Å². The molecule has 0 amide bonds. The SMILES string of the molecule is CNCc1cn(S(=O)(=O)c2cccnc2)c2cc(Nc3ccc(Cl)cc3C)cnc12.Cl. The molecular weight excluding hydrogens is 457 g/mol. The van der Waals surface area contributed by atoms with Crippen molar-refractivity contribution in [2.75, 3.05) is 12.4 Å². The monoisotopic (exact) mass is 477 g/mol.